The number of hydrogen-bond acceptors (Lipinski definition) is 3. The quantitative estimate of drug-likeness (QED) is 0.708. The van der Waals surface area contributed by atoms with E-state index in [0.717, 1.165) is 0 Å². The number of anilines is 1. The molecule has 0 aliphatic heterocycles. The van der Waals surface area contributed by atoms with Crippen molar-refractivity contribution in [2.24, 2.45) is 0 Å². The van der Waals surface area contributed by atoms with E-state index in [1.807, 2.05) is 0 Å². The maximum absolute atomic E-state index is 12.8. The molecule has 0 spiro atoms. The Morgan fingerprint density at radius 1 is 1.38 bits per heavy atom. The maximum atomic E-state index is 12.8. The fraction of sp³-hybridized carbons (Fsp3) is 0. The molecule has 66 valence electrons. The monoisotopic (exact) mass is 178 g/mol. The molecule has 0 radical (unpaired) electrons. The largest absolute Gasteiger partial charge is 0.382 e. The molecule has 2 aromatic rings. The molecule has 2 aromatic heterocycles. The highest BCUT2D eigenvalue weighted by atomic mass is 19.1. The molecule has 2 rings (SSSR count). The SMILES string of the molecule is Nc1cn(-c2cc(F)ccn2)cn1. The Morgan fingerprint density at radius 3 is 2.85 bits per heavy atom. The first-order valence-corrected chi connectivity index (χ1v) is 3.67. The van der Waals surface area contributed by atoms with Crippen molar-refractivity contribution in [1.29, 1.82) is 0 Å². The third kappa shape index (κ3) is 1.48. The minimum atomic E-state index is -0.336. The molecular weight excluding hydrogens is 171 g/mol. The predicted molar refractivity (Wildman–Crippen MR) is 45.7 cm³/mol. The predicted octanol–water partition coefficient (Wildman–Crippen LogP) is 0.989. The van der Waals surface area contributed by atoms with Crippen molar-refractivity contribution in [2.75, 3.05) is 5.73 Å². The molecule has 0 amide bonds. The van der Waals surface area contributed by atoms with Crippen LogP contribution >= 0.6 is 0 Å². The molecule has 0 aliphatic rings. The maximum Gasteiger partial charge on any atom is 0.142 e. The van der Waals surface area contributed by atoms with Crippen LogP contribution < -0.4 is 5.73 Å². The second kappa shape index (κ2) is 2.85. The van der Waals surface area contributed by atoms with Crippen molar-refractivity contribution in [3.8, 4) is 5.82 Å². The second-order valence-corrected chi connectivity index (χ2v) is 2.54. The highest BCUT2D eigenvalue weighted by Gasteiger charge is 1.99. The average Bonchev–Trinajstić information content (AvgIpc) is 2.52. The van der Waals surface area contributed by atoms with E-state index in [-0.39, 0.29) is 5.82 Å². The van der Waals surface area contributed by atoms with Crippen molar-refractivity contribution >= 4 is 5.82 Å². The summed E-state index contributed by atoms with van der Waals surface area (Å²) in [5.74, 6) is 0.507. The number of halogens is 1. The summed E-state index contributed by atoms with van der Waals surface area (Å²) >= 11 is 0. The van der Waals surface area contributed by atoms with Gasteiger partial charge in [-0.1, -0.05) is 0 Å². The van der Waals surface area contributed by atoms with E-state index >= 15 is 0 Å². The Hall–Kier alpha value is -1.91. The summed E-state index contributed by atoms with van der Waals surface area (Å²) in [7, 11) is 0. The molecule has 0 saturated heterocycles. The van der Waals surface area contributed by atoms with Gasteiger partial charge in [-0.15, -0.1) is 0 Å². The highest BCUT2D eigenvalue weighted by Crippen LogP contribution is 2.07. The topological polar surface area (TPSA) is 56.7 Å². The first kappa shape index (κ1) is 7.72. The molecule has 13 heavy (non-hydrogen) atoms. The Morgan fingerprint density at radius 2 is 2.23 bits per heavy atom. The summed E-state index contributed by atoms with van der Waals surface area (Å²) in [6, 6.07) is 2.59. The minimum Gasteiger partial charge on any atom is -0.382 e. The van der Waals surface area contributed by atoms with Crippen LogP contribution in [0.15, 0.2) is 30.9 Å². The molecule has 2 N–H and O–H groups in total. The lowest BCUT2D eigenvalue weighted by Crippen LogP contribution is -1.94. The Balaban J connectivity index is 2.46. The zero-order valence-electron chi connectivity index (χ0n) is 6.68. The number of nitrogens with two attached hydrogens (primary N) is 1. The van der Waals surface area contributed by atoms with E-state index in [1.165, 1.54) is 24.7 Å². The molecule has 5 heteroatoms. The van der Waals surface area contributed by atoms with Crippen molar-refractivity contribution in [1.82, 2.24) is 14.5 Å². The van der Waals surface area contributed by atoms with Crippen LogP contribution in [0.5, 0.6) is 0 Å². The van der Waals surface area contributed by atoms with Gasteiger partial charge in [0.05, 0.1) is 6.20 Å². The van der Waals surface area contributed by atoms with Crippen molar-refractivity contribution in [3.05, 3.63) is 36.7 Å². The summed E-state index contributed by atoms with van der Waals surface area (Å²) < 4.78 is 14.3. The molecule has 0 saturated carbocycles. The molecule has 0 aliphatic carbocycles. The van der Waals surface area contributed by atoms with E-state index in [4.69, 9.17) is 5.73 Å². The molecule has 4 nitrogen and oxygen atoms in total. The van der Waals surface area contributed by atoms with Gasteiger partial charge in [-0.3, -0.25) is 4.57 Å². The summed E-state index contributed by atoms with van der Waals surface area (Å²) in [6.07, 6.45) is 4.44. The van der Waals surface area contributed by atoms with Gasteiger partial charge in [-0.2, -0.15) is 0 Å². The highest BCUT2D eigenvalue weighted by molar-refractivity contribution is 5.30. The number of nitrogens with zero attached hydrogens (tertiary/aromatic N) is 3. The number of imidazole rings is 1. The van der Waals surface area contributed by atoms with E-state index in [1.54, 1.807) is 10.8 Å². The summed E-state index contributed by atoms with van der Waals surface area (Å²) in [4.78, 5) is 7.75. The van der Waals surface area contributed by atoms with Crippen molar-refractivity contribution < 1.29 is 4.39 Å². The average molecular weight is 178 g/mol. The molecule has 0 atom stereocenters. The van der Waals surface area contributed by atoms with Gasteiger partial charge in [0.15, 0.2) is 0 Å². The zero-order valence-corrected chi connectivity index (χ0v) is 6.68. The summed E-state index contributed by atoms with van der Waals surface area (Å²) in [5.41, 5.74) is 5.40. The van der Waals surface area contributed by atoms with Crippen LogP contribution in [-0.2, 0) is 0 Å². The fourth-order valence-electron chi connectivity index (χ4n) is 0.998. The molecular formula is C8H7FN4. The molecule has 0 bridgehead atoms. The Bertz CT molecular complexity index is 424. The van der Waals surface area contributed by atoms with Crippen LogP contribution in [0.25, 0.3) is 5.82 Å². The van der Waals surface area contributed by atoms with E-state index in [2.05, 4.69) is 9.97 Å². The van der Waals surface area contributed by atoms with Gasteiger partial charge >= 0.3 is 0 Å². The number of rotatable bonds is 1. The Kier molecular flexibility index (Phi) is 1.70. The van der Waals surface area contributed by atoms with E-state index < -0.39 is 0 Å². The van der Waals surface area contributed by atoms with Crippen LogP contribution in [0.4, 0.5) is 10.2 Å². The van der Waals surface area contributed by atoms with Gasteiger partial charge in [0.2, 0.25) is 0 Å². The van der Waals surface area contributed by atoms with Gasteiger partial charge in [-0.05, 0) is 6.07 Å². The molecule has 2 heterocycles. The third-order valence-electron chi connectivity index (χ3n) is 1.57. The summed E-state index contributed by atoms with van der Waals surface area (Å²) in [5, 5.41) is 0. The van der Waals surface area contributed by atoms with Gasteiger partial charge in [0.1, 0.15) is 23.8 Å². The zero-order chi connectivity index (χ0) is 9.26. The van der Waals surface area contributed by atoms with E-state index in [9.17, 15) is 4.39 Å². The first-order valence-electron chi connectivity index (χ1n) is 3.67. The van der Waals surface area contributed by atoms with Crippen LogP contribution in [0.1, 0.15) is 0 Å². The smallest absolute Gasteiger partial charge is 0.142 e. The lowest BCUT2D eigenvalue weighted by atomic mass is 10.4. The van der Waals surface area contributed by atoms with Gasteiger partial charge < -0.3 is 5.73 Å². The van der Waals surface area contributed by atoms with Crippen LogP contribution in [0.3, 0.4) is 0 Å². The molecule has 0 unspecified atom stereocenters. The lowest BCUT2D eigenvalue weighted by Gasteiger charge is -1.98. The lowest BCUT2D eigenvalue weighted by molar-refractivity contribution is 0.623. The standard InChI is InChI=1S/C8H7FN4/c9-6-1-2-11-8(3-6)13-4-7(10)12-5-13/h1-5H,10H2. The van der Waals surface area contributed by atoms with Crippen LogP contribution in [0, 0.1) is 5.82 Å². The van der Waals surface area contributed by atoms with Gasteiger partial charge in [-0.25, -0.2) is 14.4 Å². The molecule has 0 aromatic carbocycles. The fourth-order valence-corrected chi connectivity index (χ4v) is 0.998. The summed E-state index contributed by atoms with van der Waals surface area (Å²) in [6.45, 7) is 0. The second-order valence-electron chi connectivity index (χ2n) is 2.54. The third-order valence-corrected chi connectivity index (χ3v) is 1.57. The number of pyridine rings is 1. The van der Waals surface area contributed by atoms with Gasteiger partial charge in [0.25, 0.3) is 0 Å². The number of nitrogen functional groups attached to an aromatic ring is 1. The Labute approximate surface area is 73.9 Å². The van der Waals surface area contributed by atoms with Crippen molar-refractivity contribution in [2.45, 2.75) is 0 Å². The minimum absolute atomic E-state index is 0.336. The van der Waals surface area contributed by atoms with E-state index in [0.29, 0.717) is 11.6 Å². The number of hydrogen-bond donors (Lipinski definition) is 1. The normalized spacial score (nSPS) is 10.2. The van der Waals surface area contributed by atoms with Crippen molar-refractivity contribution in [3.63, 3.8) is 0 Å². The van der Waals surface area contributed by atoms with Gasteiger partial charge in [0, 0.05) is 12.3 Å². The molecule has 0 fully saturated rings. The number of aromatic nitrogens is 3. The first-order chi connectivity index (χ1) is 6.25. The van der Waals surface area contributed by atoms with Crippen LogP contribution in [0.2, 0.25) is 0 Å². The van der Waals surface area contributed by atoms with Crippen LogP contribution in [-0.4, -0.2) is 14.5 Å².